The Kier molecular flexibility index (Phi) is 5.54. The van der Waals surface area contributed by atoms with E-state index in [1.165, 1.54) is 16.3 Å². The summed E-state index contributed by atoms with van der Waals surface area (Å²) in [5, 5.41) is 1.38. The maximum atomic E-state index is 6.87. The number of hydrogen-bond donors (Lipinski definition) is 0. The van der Waals surface area contributed by atoms with Crippen LogP contribution in [-0.4, -0.2) is 14.4 Å². The zero-order valence-corrected chi connectivity index (χ0v) is 17.9. The van der Waals surface area contributed by atoms with Crippen molar-refractivity contribution in [3.8, 4) is 0 Å². The minimum absolute atomic E-state index is 0.151. The zero-order chi connectivity index (χ0) is 18.8. The lowest BCUT2D eigenvalue weighted by Gasteiger charge is -2.43. The Morgan fingerprint density at radius 3 is 2.12 bits per heavy atom. The van der Waals surface area contributed by atoms with Gasteiger partial charge in [-0.15, -0.1) is 0 Å². The van der Waals surface area contributed by atoms with Gasteiger partial charge < -0.3 is 4.43 Å². The molecule has 1 fully saturated rings. The van der Waals surface area contributed by atoms with Gasteiger partial charge in [-0.25, -0.2) is 0 Å². The molecular weight excluding hydrogens is 332 g/mol. The van der Waals surface area contributed by atoms with E-state index in [2.05, 4.69) is 94.5 Å². The fraction of sp³-hybridized carbons (Fsp3) is 0.417. The van der Waals surface area contributed by atoms with E-state index < -0.39 is 8.32 Å². The highest BCUT2D eigenvalue weighted by molar-refractivity contribution is 6.84. The van der Waals surface area contributed by atoms with Crippen molar-refractivity contribution in [2.45, 2.75) is 64.6 Å². The average Bonchev–Trinajstić information content (AvgIpc) is 2.62. The maximum absolute atomic E-state index is 6.87. The molecule has 0 heterocycles. The molecule has 26 heavy (non-hydrogen) atoms. The predicted molar refractivity (Wildman–Crippen MR) is 114 cm³/mol. The highest BCUT2D eigenvalue weighted by Crippen LogP contribution is 2.44. The van der Waals surface area contributed by atoms with Gasteiger partial charge in [-0.3, -0.25) is 0 Å². The number of hydrogen-bond acceptors (Lipinski definition) is 1. The van der Waals surface area contributed by atoms with E-state index in [4.69, 9.17) is 4.43 Å². The van der Waals surface area contributed by atoms with Gasteiger partial charge in [-0.1, -0.05) is 78.7 Å². The molecule has 2 heteroatoms. The third-order valence-electron chi connectivity index (χ3n) is 5.86. The van der Waals surface area contributed by atoms with Crippen molar-refractivity contribution in [1.29, 1.82) is 0 Å². The van der Waals surface area contributed by atoms with Gasteiger partial charge in [0.25, 0.3) is 0 Å². The Morgan fingerprint density at radius 1 is 0.962 bits per heavy atom. The van der Waals surface area contributed by atoms with Crippen LogP contribution in [0.5, 0.6) is 0 Å². The maximum Gasteiger partial charge on any atom is 0.218 e. The largest absolute Gasteiger partial charge is 0.410 e. The van der Waals surface area contributed by atoms with Crippen LogP contribution in [0.25, 0.3) is 0 Å². The Morgan fingerprint density at radius 2 is 1.54 bits per heavy atom. The monoisotopic (exact) mass is 364 g/mol. The molecule has 0 bridgehead atoms. The molecule has 2 atom stereocenters. The van der Waals surface area contributed by atoms with Crippen LogP contribution in [-0.2, 0) is 9.84 Å². The van der Waals surface area contributed by atoms with Gasteiger partial charge in [0.1, 0.15) is 0 Å². The molecule has 1 saturated carbocycles. The van der Waals surface area contributed by atoms with Crippen LogP contribution in [0.15, 0.2) is 71.8 Å². The second-order valence-corrected chi connectivity index (χ2v) is 12.6. The van der Waals surface area contributed by atoms with E-state index in [1.54, 1.807) is 5.57 Å². The second kappa shape index (κ2) is 7.54. The SMILES string of the molecule is CC(C)=C1CC(O[Si](C)(C)c2ccccc2)C[C@](C)(c2ccccc2)C1. The van der Waals surface area contributed by atoms with Gasteiger partial charge in [-0.05, 0) is 62.4 Å². The standard InChI is InChI=1S/C24H32OSi/c1-19(2)20-16-22(25-26(4,5)23-14-10-7-11-15-23)18-24(3,17-20)21-12-8-6-9-13-21/h6-15,22H,16-18H2,1-5H3/t22?,24-/m1/s1. The average molecular weight is 365 g/mol. The molecule has 0 spiro atoms. The van der Waals surface area contributed by atoms with E-state index in [9.17, 15) is 0 Å². The Bertz CT molecular complexity index is 757. The van der Waals surface area contributed by atoms with Gasteiger partial charge in [-0.2, -0.15) is 0 Å². The van der Waals surface area contributed by atoms with Crippen LogP contribution in [0.3, 0.4) is 0 Å². The molecular formula is C24H32OSi. The Labute approximate surface area is 160 Å². The highest BCUT2D eigenvalue weighted by Gasteiger charge is 2.39. The van der Waals surface area contributed by atoms with E-state index in [0.717, 1.165) is 19.3 Å². The van der Waals surface area contributed by atoms with Crippen LogP contribution < -0.4 is 5.19 Å². The van der Waals surface area contributed by atoms with Crippen molar-refractivity contribution in [1.82, 2.24) is 0 Å². The smallest absolute Gasteiger partial charge is 0.218 e. The van der Waals surface area contributed by atoms with Crippen molar-refractivity contribution < 1.29 is 4.43 Å². The van der Waals surface area contributed by atoms with Gasteiger partial charge in [0.2, 0.25) is 8.32 Å². The molecule has 2 aromatic rings. The molecule has 1 nitrogen and oxygen atoms in total. The zero-order valence-electron chi connectivity index (χ0n) is 16.9. The summed E-state index contributed by atoms with van der Waals surface area (Å²) >= 11 is 0. The Balaban J connectivity index is 1.88. The van der Waals surface area contributed by atoms with E-state index in [0.29, 0.717) is 6.10 Å². The first-order valence-electron chi connectivity index (χ1n) is 9.74. The van der Waals surface area contributed by atoms with Crippen molar-refractivity contribution in [2.24, 2.45) is 0 Å². The molecule has 0 N–H and O–H groups in total. The van der Waals surface area contributed by atoms with Crippen LogP contribution >= 0.6 is 0 Å². The summed E-state index contributed by atoms with van der Waals surface area (Å²) in [6.07, 6.45) is 3.61. The van der Waals surface area contributed by atoms with Crippen LogP contribution in [0.1, 0.15) is 45.6 Å². The molecule has 0 aromatic heterocycles. The summed E-state index contributed by atoms with van der Waals surface area (Å²) in [5.41, 5.74) is 4.62. The molecule has 1 aliphatic carbocycles. The lowest BCUT2D eigenvalue weighted by molar-refractivity contribution is 0.131. The summed E-state index contributed by atoms with van der Waals surface area (Å²) in [6.45, 7) is 11.6. The summed E-state index contributed by atoms with van der Waals surface area (Å²) in [7, 11) is -1.92. The van der Waals surface area contributed by atoms with Crippen LogP contribution in [0.4, 0.5) is 0 Å². The van der Waals surface area contributed by atoms with Crippen LogP contribution in [0, 0.1) is 0 Å². The number of rotatable bonds is 4. The molecule has 0 amide bonds. The quantitative estimate of drug-likeness (QED) is 0.480. The van der Waals surface area contributed by atoms with Crippen LogP contribution in [0.2, 0.25) is 13.1 Å². The molecule has 2 aromatic carbocycles. The molecule has 0 saturated heterocycles. The minimum Gasteiger partial charge on any atom is -0.410 e. The number of allylic oxidation sites excluding steroid dienone is 1. The summed E-state index contributed by atoms with van der Waals surface area (Å²) in [5.74, 6) is 0. The third-order valence-corrected chi connectivity index (χ3v) is 8.51. The fourth-order valence-electron chi connectivity index (χ4n) is 4.31. The summed E-state index contributed by atoms with van der Waals surface area (Å²) in [4.78, 5) is 0. The van der Waals surface area contributed by atoms with E-state index in [1.807, 2.05) is 0 Å². The highest BCUT2D eigenvalue weighted by atomic mass is 28.4. The molecule has 0 radical (unpaired) electrons. The summed E-state index contributed by atoms with van der Waals surface area (Å²) in [6, 6.07) is 21.8. The van der Waals surface area contributed by atoms with Crippen molar-refractivity contribution in [3.63, 3.8) is 0 Å². The first-order chi connectivity index (χ1) is 12.3. The first-order valence-corrected chi connectivity index (χ1v) is 12.7. The third kappa shape index (κ3) is 4.19. The summed E-state index contributed by atoms with van der Waals surface area (Å²) < 4.78 is 6.87. The van der Waals surface area contributed by atoms with Crippen molar-refractivity contribution in [3.05, 3.63) is 77.4 Å². The second-order valence-electron chi connectivity index (χ2n) is 8.73. The molecule has 1 aliphatic rings. The van der Waals surface area contributed by atoms with Gasteiger partial charge in [0.15, 0.2) is 0 Å². The van der Waals surface area contributed by atoms with Gasteiger partial charge in [0, 0.05) is 6.10 Å². The molecule has 138 valence electrons. The lowest BCUT2D eigenvalue weighted by atomic mass is 9.67. The fourth-order valence-corrected chi connectivity index (χ4v) is 6.44. The number of benzene rings is 2. The van der Waals surface area contributed by atoms with Gasteiger partial charge in [0.05, 0.1) is 0 Å². The molecule has 3 rings (SSSR count). The van der Waals surface area contributed by atoms with E-state index >= 15 is 0 Å². The molecule has 0 aliphatic heterocycles. The molecule has 1 unspecified atom stereocenters. The lowest BCUT2D eigenvalue weighted by Crippen LogP contribution is -2.49. The van der Waals surface area contributed by atoms with Crippen molar-refractivity contribution >= 4 is 13.5 Å². The topological polar surface area (TPSA) is 9.23 Å². The first kappa shape index (κ1) is 19.1. The van der Waals surface area contributed by atoms with E-state index in [-0.39, 0.29) is 5.41 Å². The Hall–Kier alpha value is -1.64. The normalized spacial score (nSPS) is 23.7. The van der Waals surface area contributed by atoms with Crippen molar-refractivity contribution in [2.75, 3.05) is 0 Å². The minimum atomic E-state index is -1.92. The predicted octanol–water partition coefficient (Wildman–Crippen LogP) is 5.96. The van der Waals surface area contributed by atoms with Gasteiger partial charge >= 0.3 is 0 Å².